The van der Waals surface area contributed by atoms with Crippen LogP contribution in [0.5, 0.6) is 0 Å². The Morgan fingerprint density at radius 1 is 1.00 bits per heavy atom. The highest BCUT2D eigenvalue weighted by molar-refractivity contribution is 6.71. The minimum atomic E-state index is -1.82. The lowest BCUT2D eigenvalue weighted by Gasteiger charge is -2.23. The molecule has 0 aromatic heterocycles. The van der Waals surface area contributed by atoms with E-state index in [-0.39, 0.29) is 18.4 Å². The summed E-state index contributed by atoms with van der Waals surface area (Å²) in [5.74, 6) is 0.601. The van der Waals surface area contributed by atoms with Crippen molar-refractivity contribution >= 4 is 28.5 Å². The molecule has 0 aromatic carbocycles. The van der Waals surface area contributed by atoms with E-state index in [1.165, 1.54) is 0 Å². The zero-order valence-electron chi connectivity index (χ0n) is 13.0. The molecule has 0 unspecified atom stereocenters. The van der Waals surface area contributed by atoms with E-state index in [0.29, 0.717) is 5.90 Å². The number of carbonyl (C=O) groups excluding carboxylic acids is 1. The first-order valence-corrected chi connectivity index (χ1v) is 13.2. The van der Waals surface area contributed by atoms with Gasteiger partial charge in [-0.2, -0.15) is 0 Å². The van der Waals surface area contributed by atoms with Crippen molar-refractivity contribution in [1.82, 2.24) is 0 Å². The maximum atomic E-state index is 11.6. The van der Waals surface area contributed by atoms with Crippen LogP contribution in [0.15, 0.2) is 4.99 Å². The van der Waals surface area contributed by atoms with Crippen molar-refractivity contribution in [3.05, 3.63) is 0 Å². The molecular weight excluding hydrogens is 262 g/mol. The average Bonchev–Trinajstić information content (AvgIpc) is 2.06. The van der Waals surface area contributed by atoms with Crippen LogP contribution in [0.4, 0.5) is 0 Å². The molecule has 0 saturated carbocycles. The molecule has 0 bridgehead atoms. The molecule has 0 saturated heterocycles. The summed E-state index contributed by atoms with van der Waals surface area (Å²) in [5, 5.41) is 0. The van der Waals surface area contributed by atoms with Crippen LogP contribution in [0.2, 0.25) is 39.3 Å². The first kappa shape index (κ1) is 17.4. The molecule has 0 rings (SSSR count). The number of aliphatic imine (C=N–C) groups is 1. The predicted octanol–water partition coefficient (Wildman–Crippen LogP) is 3.27. The second-order valence-corrected chi connectivity index (χ2v) is 15.5. The van der Waals surface area contributed by atoms with E-state index in [4.69, 9.17) is 8.85 Å². The molecule has 4 nitrogen and oxygen atoms in total. The predicted molar refractivity (Wildman–Crippen MR) is 81.0 cm³/mol. The van der Waals surface area contributed by atoms with Gasteiger partial charge in [-0.3, -0.25) is 4.79 Å². The molecule has 0 aromatic rings. The molecule has 0 radical (unpaired) electrons. The molecule has 0 aliphatic heterocycles. The first-order valence-electron chi connectivity index (χ1n) is 6.36. The Hall–Kier alpha value is -0.626. The van der Waals surface area contributed by atoms with E-state index in [1.54, 1.807) is 0 Å². The van der Waals surface area contributed by atoms with Crippen molar-refractivity contribution < 1.29 is 13.6 Å². The van der Waals surface area contributed by atoms with E-state index < -0.39 is 16.6 Å². The molecule has 0 spiro atoms. The third kappa shape index (κ3) is 9.41. The zero-order chi connectivity index (χ0) is 14.6. The van der Waals surface area contributed by atoms with E-state index in [2.05, 4.69) is 24.6 Å². The number of nitrogens with zero attached hydrogens (tertiary/aromatic N) is 1. The Bertz CT molecular complexity index is 314. The first-order chi connectivity index (χ1) is 7.91. The van der Waals surface area contributed by atoms with Crippen LogP contribution in [0.25, 0.3) is 0 Å². The molecule has 0 amide bonds. The van der Waals surface area contributed by atoms with E-state index in [1.807, 2.05) is 33.5 Å². The lowest BCUT2D eigenvalue weighted by molar-refractivity contribution is -0.133. The molecule has 0 heterocycles. The van der Waals surface area contributed by atoms with Gasteiger partial charge in [0.2, 0.25) is 16.6 Å². The van der Waals surface area contributed by atoms with Crippen molar-refractivity contribution in [2.24, 2.45) is 10.9 Å². The number of carbonyl (C=O) groups is 1. The molecule has 18 heavy (non-hydrogen) atoms. The van der Waals surface area contributed by atoms with Crippen LogP contribution >= 0.6 is 0 Å². The van der Waals surface area contributed by atoms with Gasteiger partial charge in [-0.15, -0.1) is 0 Å². The van der Waals surface area contributed by atoms with Gasteiger partial charge in [-0.1, -0.05) is 13.8 Å². The molecule has 0 fully saturated rings. The highest BCUT2D eigenvalue weighted by Gasteiger charge is 2.22. The second-order valence-electron chi connectivity index (χ2n) is 6.61. The smallest absolute Gasteiger partial charge is 0.314 e. The summed E-state index contributed by atoms with van der Waals surface area (Å²) in [6.07, 6.45) is 0. The Balaban J connectivity index is 4.56. The van der Waals surface area contributed by atoms with E-state index >= 15 is 0 Å². The lowest BCUT2D eigenvalue weighted by Crippen LogP contribution is -2.33. The third-order valence-electron chi connectivity index (χ3n) is 1.69. The lowest BCUT2D eigenvalue weighted by atomic mass is 10.2. The van der Waals surface area contributed by atoms with Gasteiger partial charge < -0.3 is 8.85 Å². The van der Waals surface area contributed by atoms with Crippen LogP contribution < -0.4 is 0 Å². The Kier molecular flexibility index (Phi) is 6.29. The van der Waals surface area contributed by atoms with Crippen LogP contribution in [-0.2, 0) is 13.6 Å². The van der Waals surface area contributed by atoms with Gasteiger partial charge in [0, 0.05) is 5.92 Å². The second kappa shape index (κ2) is 6.51. The molecule has 0 aliphatic carbocycles. The van der Waals surface area contributed by atoms with Crippen molar-refractivity contribution in [3.63, 3.8) is 0 Å². The molecule has 0 atom stereocenters. The Morgan fingerprint density at radius 2 is 1.44 bits per heavy atom. The Morgan fingerprint density at radius 3 is 1.78 bits per heavy atom. The topological polar surface area (TPSA) is 47.9 Å². The van der Waals surface area contributed by atoms with Crippen molar-refractivity contribution in [2.45, 2.75) is 53.1 Å². The van der Waals surface area contributed by atoms with Crippen molar-refractivity contribution in [1.29, 1.82) is 0 Å². The van der Waals surface area contributed by atoms with Crippen LogP contribution in [0.1, 0.15) is 13.8 Å². The summed E-state index contributed by atoms with van der Waals surface area (Å²) in [5.41, 5.74) is 0. The van der Waals surface area contributed by atoms with E-state index in [0.717, 1.165) is 0 Å². The van der Waals surface area contributed by atoms with Gasteiger partial charge in [0.15, 0.2) is 5.90 Å². The summed E-state index contributed by atoms with van der Waals surface area (Å²) < 4.78 is 11.2. The largest absolute Gasteiger partial charge is 0.534 e. The summed E-state index contributed by atoms with van der Waals surface area (Å²) in [7, 11) is -3.49. The number of hydrogen-bond donors (Lipinski definition) is 0. The minimum absolute atomic E-state index is 0.0578. The molecule has 0 N–H and O–H groups in total. The highest BCUT2D eigenvalue weighted by atomic mass is 28.4. The maximum Gasteiger partial charge on any atom is 0.314 e. The van der Waals surface area contributed by atoms with Gasteiger partial charge in [0.1, 0.15) is 6.54 Å². The summed E-state index contributed by atoms with van der Waals surface area (Å²) in [6.45, 7) is 16.3. The summed E-state index contributed by atoms with van der Waals surface area (Å²) in [6, 6.07) is 0. The van der Waals surface area contributed by atoms with Gasteiger partial charge in [-0.25, -0.2) is 4.99 Å². The average molecular weight is 290 g/mol. The van der Waals surface area contributed by atoms with Gasteiger partial charge in [0.25, 0.3) is 0 Å². The molecule has 106 valence electrons. The SMILES string of the molecule is CC(C)C(=NCC(=O)O[Si](C)(C)C)O[Si](C)(C)C. The van der Waals surface area contributed by atoms with Gasteiger partial charge >= 0.3 is 5.97 Å². The minimum Gasteiger partial charge on any atom is -0.534 e. The maximum absolute atomic E-state index is 11.6. The summed E-state index contributed by atoms with van der Waals surface area (Å²) in [4.78, 5) is 15.9. The third-order valence-corrected chi connectivity index (χ3v) is 3.35. The highest BCUT2D eigenvalue weighted by Crippen LogP contribution is 2.10. The fourth-order valence-corrected chi connectivity index (χ4v) is 2.84. The van der Waals surface area contributed by atoms with Crippen LogP contribution in [-0.4, -0.2) is 35.0 Å². The molecule has 0 aliphatic rings. The monoisotopic (exact) mass is 289 g/mol. The normalized spacial score (nSPS) is 13.7. The Labute approximate surface area is 113 Å². The fraction of sp³-hybridized carbons (Fsp3) is 0.833. The van der Waals surface area contributed by atoms with Crippen LogP contribution in [0.3, 0.4) is 0 Å². The standard InChI is InChI=1S/C12H27NO3Si2/c1-10(2)12(16-18(6,7)8)13-9-11(14)15-17(3,4)5/h10H,9H2,1-8H3. The van der Waals surface area contributed by atoms with Gasteiger partial charge in [0.05, 0.1) is 0 Å². The number of hydrogen-bond acceptors (Lipinski definition) is 4. The fourth-order valence-electron chi connectivity index (χ4n) is 1.16. The van der Waals surface area contributed by atoms with Crippen molar-refractivity contribution in [3.8, 4) is 0 Å². The zero-order valence-corrected chi connectivity index (χ0v) is 15.0. The van der Waals surface area contributed by atoms with E-state index in [9.17, 15) is 4.79 Å². The summed E-state index contributed by atoms with van der Waals surface area (Å²) >= 11 is 0. The molecular formula is C12H27NO3Si2. The van der Waals surface area contributed by atoms with Crippen molar-refractivity contribution in [2.75, 3.05) is 6.54 Å². The van der Waals surface area contributed by atoms with Gasteiger partial charge in [-0.05, 0) is 39.3 Å². The molecule has 6 heteroatoms. The van der Waals surface area contributed by atoms with Crippen LogP contribution in [0, 0.1) is 5.92 Å². The quantitative estimate of drug-likeness (QED) is 0.443. The number of rotatable bonds is 5.